The summed E-state index contributed by atoms with van der Waals surface area (Å²) in [5.41, 5.74) is 2.93. The van der Waals surface area contributed by atoms with Crippen molar-refractivity contribution < 1.29 is 14.3 Å². The van der Waals surface area contributed by atoms with Crippen molar-refractivity contribution in [3.8, 4) is 0 Å². The normalized spacial score (nSPS) is 15.1. The number of aromatic nitrogens is 1. The minimum absolute atomic E-state index is 0.0828. The highest BCUT2D eigenvalue weighted by atomic mass is 79.9. The molecule has 0 aliphatic carbocycles. The van der Waals surface area contributed by atoms with Crippen LogP contribution in [0.4, 0.5) is 5.69 Å². The first kappa shape index (κ1) is 24.1. The quantitative estimate of drug-likeness (QED) is 0.264. The summed E-state index contributed by atoms with van der Waals surface area (Å²) >= 11 is 9.10. The molecule has 2 amide bonds. The molecule has 9 heteroatoms. The summed E-state index contributed by atoms with van der Waals surface area (Å²) < 4.78 is 7.83. The molecule has 7 nitrogen and oxygen atoms in total. The Morgan fingerprint density at radius 3 is 2.71 bits per heavy atom. The Hall–Kier alpha value is -3.01. The van der Waals surface area contributed by atoms with Crippen LogP contribution in [0.2, 0.25) is 0 Å². The average Bonchev–Trinajstić information content (AvgIpc) is 3.26. The van der Waals surface area contributed by atoms with Gasteiger partial charge in [0.15, 0.2) is 5.11 Å². The highest BCUT2D eigenvalue weighted by Crippen LogP contribution is 2.31. The van der Waals surface area contributed by atoms with Gasteiger partial charge in [-0.2, -0.15) is 0 Å². The first-order chi connectivity index (χ1) is 16.4. The molecule has 0 saturated carbocycles. The van der Waals surface area contributed by atoms with Crippen LogP contribution < -0.4 is 10.2 Å². The maximum Gasteiger partial charge on any atom is 0.281 e. The van der Waals surface area contributed by atoms with Crippen molar-refractivity contribution >= 4 is 67.7 Å². The maximum atomic E-state index is 13.3. The number of ether oxygens (including phenoxy) is 1. The van der Waals surface area contributed by atoms with Crippen molar-refractivity contribution in [1.82, 2.24) is 14.8 Å². The number of carbonyl (C=O) groups excluding carboxylic acids is 2. The lowest BCUT2D eigenvalue weighted by molar-refractivity contribution is -0.121. The monoisotopic (exact) mass is 540 g/mol. The number of nitrogens with one attached hydrogen (secondary N) is 1. The van der Waals surface area contributed by atoms with Crippen molar-refractivity contribution in [3.05, 3.63) is 70.5 Å². The van der Waals surface area contributed by atoms with Gasteiger partial charge in [0.05, 0.1) is 5.69 Å². The summed E-state index contributed by atoms with van der Waals surface area (Å²) in [6.07, 6.45) is 4.48. The molecule has 3 aromatic rings. The second-order valence-corrected chi connectivity index (χ2v) is 9.20. The number of rotatable bonds is 8. The molecule has 4 rings (SSSR count). The van der Waals surface area contributed by atoms with Gasteiger partial charge in [-0.05, 0) is 55.0 Å². The van der Waals surface area contributed by atoms with Gasteiger partial charge in [0, 0.05) is 54.4 Å². The van der Waals surface area contributed by atoms with E-state index in [1.807, 2.05) is 65.4 Å². The van der Waals surface area contributed by atoms with E-state index in [-0.39, 0.29) is 18.4 Å². The summed E-state index contributed by atoms with van der Waals surface area (Å²) in [5.74, 6) is -0.272. The van der Waals surface area contributed by atoms with Gasteiger partial charge in [0.2, 0.25) is 5.91 Å². The summed E-state index contributed by atoms with van der Waals surface area (Å²) in [7, 11) is 3.43. The third-order valence-electron chi connectivity index (χ3n) is 5.60. The maximum absolute atomic E-state index is 13.3. The summed E-state index contributed by atoms with van der Waals surface area (Å²) in [5, 5.41) is 4.27. The first-order valence-electron chi connectivity index (χ1n) is 10.8. The van der Waals surface area contributed by atoms with E-state index in [4.69, 9.17) is 17.0 Å². The van der Waals surface area contributed by atoms with Gasteiger partial charge in [-0.15, -0.1) is 0 Å². The van der Waals surface area contributed by atoms with Gasteiger partial charge in [0.25, 0.3) is 5.91 Å². The number of hydrogen-bond acceptors (Lipinski definition) is 4. The molecule has 0 bridgehead atoms. The third-order valence-corrected chi connectivity index (χ3v) is 6.55. The Morgan fingerprint density at radius 1 is 1.21 bits per heavy atom. The Morgan fingerprint density at radius 2 is 1.97 bits per heavy atom. The lowest BCUT2D eigenvalue weighted by Crippen LogP contribution is -2.30. The van der Waals surface area contributed by atoms with Crippen molar-refractivity contribution in [2.75, 3.05) is 32.2 Å². The molecule has 1 fully saturated rings. The number of thiocarbonyl (C=S) groups is 1. The number of amides is 2. The number of hydrogen-bond donors (Lipinski definition) is 1. The number of para-hydroxylation sites is 1. The fourth-order valence-corrected chi connectivity index (χ4v) is 4.55. The number of methoxy groups -OCH3 is 1. The Kier molecular flexibility index (Phi) is 7.45. The van der Waals surface area contributed by atoms with E-state index in [1.54, 1.807) is 19.1 Å². The Balaban J connectivity index is 1.66. The molecule has 1 saturated heterocycles. The van der Waals surface area contributed by atoms with E-state index < -0.39 is 0 Å². The number of anilines is 1. The minimum Gasteiger partial charge on any atom is -0.385 e. The standard InChI is InChI=1S/C25H25BrN4O3S/c1-28-22(24(32)30(25(28)34)19-7-4-3-5-8-19)13-17-15-29(16-23(31)27-11-6-12-33-2)21-10-9-18(26)14-20(17)21/h3-5,7-10,13-15H,6,11-12,16H2,1-2H3,(H,27,31). The predicted octanol–water partition coefficient (Wildman–Crippen LogP) is 4.16. The number of nitrogens with zero attached hydrogens (tertiary/aromatic N) is 3. The first-order valence-corrected chi connectivity index (χ1v) is 12.0. The van der Waals surface area contributed by atoms with Gasteiger partial charge >= 0.3 is 0 Å². The van der Waals surface area contributed by atoms with Crippen LogP contribution >= 0.6 is 28.1 Å². The van der Waals surface area contributed by atoms with Crippen LogP contribution in [0.25, 0.3) is 17.0 Å². The molecule has 0 atom stereocenters. The molecule has 0 unspecified atom stereocenters. The second-order valence-electron chi connectivity index (χ2n) is 7.92. The van der Waals surface area contributed by atoms with Crippen LogP contribution in [0, 0.1) is 0 Å². The zero-order chi connectivity index (χ0) is 24.2. The van der Waals surface area contributed by atoms with Crippen LogP contribution in [-0.4, -0.2) is 53.7 Å². The van der Waals surface area contributed by atoms with E-state index in [2.05, 4.69) is 21.2 Å². The molecule has 2 heterocycles. The number of halogens is 1. The zero-order valence-electron chi connectivity index (χ0n) is 19.0. The molecule has 1 aromatic heterocycles. The minimum atomic E-state index is -0.189. The molecule has 1 aliphatic rings. The fourth-order valence-electron chi connectivity index (χ4n) is 3.91. The van der Waals surface area contributed by atoms with Crippen molar-refractivity contribution in [2.24, 2.45) is 0 Å². The predicted molar refractivity (Wildman–Crippen MR) is 141 cm³/mol. The number of likely N-dealkylation sites (N-methyl/N-ethyl adjacent to an activating group) is 1. The van der Waals surface area contributed by atoms with Gasteiger partial charge in [-0.3, -0.25) is 14.5 Å². The second kappa shape index (κ2) is 10.5. The lowest BCUT2D eigenvalue weighted by Gasteiger charge is -2.16. The number of carbonyl (C=O) groups is 2. The average molecular weight is 541 g/mol. The van der Waals surface area contributed by atoms with E-state index in [9.17, 15) is 9.59 Å². The van der Waals surface area contributed by atoms with E-state index in [0.29, 0.717) is 24.0 Å². The molecular weight excluding hydrogens is 516 g/mol. The fraction of sp³-hybridized carbons (Fsp3) is 0.240. The summed E-state index contributed by atoms with van der Waals surface area (Å²) in [6.45, 7) is 1.33. The SMILES string of the molecule is COCCCNC(=O)Cn1cc(C=C2C(=O)N(c3ccccc3)C(=S)N2C)c2cc(Br)ccc21. The van der Waals surface area contributed by atoms with Crippen molar-refractivity contribution in [1.29, 1.82) is 0 Å². The van der Waals surface area contributed by atoms with Crippen LogP contribution in [0.15, 0.2) is 64.9 Å². The molecule has 2 aromatic carbocycles. The van der Waals surface area contributed by atoms with Crippen molar-refractivity contribution in [3.63, 3.8) is 0 Å². The topological polar surface area (TPSA) is 66.8 Å². The summed E-state index contributed by atoms with van der Waals surface area (Å²) in [6, 6.07) is 15.2. The molecule has 1 aliphatic heterocycles. The summed E-state index contributed by atoms with van der Waals surface area (Å²) in [4.78, 5) is 29.1. The van der Waals surface area contributed by atoms with Crippen LogP contribution in [0.1, 0.15) is 12.0 Å². The molecule has 176 valence electrons. The largest absolute Gasteiger partial charge is 0.385 e. The number of benzene rings is 2. The highest BCUT2D eigenvalue weighted by Gasteiger charge is 2.36. The Bertz CT molecular complexity index is 1270. The van der Waals surface area contributed by atoms with E-state index >= 15 is 0 Å². The van der Waals surface area contributed by atoms with E-state index in [0.717, 1.165) is 33.0 Å². The molecule has 1 N–H and O–H groups in total. The smallest absolute Gasteiger partial charge is 0.281 e. The third kappa shape index (κ3) is 4.91. The molecular formula is C25H25BrN4O3S. The van der Waals surface area contributed by atoms with Crippen LogP contribution in [-0.2, 0) is 20.9 Å². The highest BCUT2D eigenvalue weighted by molar-refractivity contribution is 9.10. The van der Waals surface area contributed by atoms with Crippen molar-refractivity contribution in [2.45, 2.75) is 13.0 Å². The van der Waals surface area contributed by atoms with Gasteiger partial charge < -0.3 is 19.5 Å². The number of fused-ring (bicyclic) bond motifs is 1. The van der Waals surface area contributed by atoms with Gasteiger partial charge in [0.1, 0.15) is 12.2 Å². The Labute approximate surface area is 212 Å². The molecule has 34 heavy (non-hydrogen) atoms. The molecule has 0 spiro atoms. The van der Waals surface area contributed by atoms with Gasteiger partial charge in [-0.1, -0.05) is 34.1 Å². The molecule has 0 radical (unpaired) electrons. The van der Waals surface area contributed by atoms with Gasteiger partial charge in [-0.25, -0.2) is 0 Å². The van der Waals surface area contributed by atoms with Crippen LogP contribution in [0.3, 0.4) is 0 Å². The lowest BCUT2D eigenvalue weighted by atomic mass is 10.1. The van der Waals surface area contributed by atoms with Crippen LogP contribution in [0.5, 0.6) is 0 Å². The zero-order valence-corrected chi connectivity index (χ0v) is 21.4. The van der Waals surface area contributed by atoms with E-state index in [1.165, 1.54) is 4.90 Å².